The molecule has 0 aliphatic heterocycles. The maximum absolute atomic E-state index is 11.0. The molecule has 1 aliphatic carbocycles. The lowest BCUT2D eigenvalue weighted by molar-refractivity contribution is -0.150. The van der Waals surface area contributed by atoms with Crippen molar-refractivity contribution in [2.75, 3.05) is 0 Å². The number of carbonyl (C=O) groups is 1. The fourth-order valence-corrected chi connectivity index (χ4v) is 2.21. The third-order valence-corrected chi connectivity index (χ3v) is 3.47. The first kappa shape index (κ1) is 10.2. The van der Waals surface area contributed by atoms with Crippen LogP contribution in [0.25, 0.3) is 0 Å². The van der Waals surface area contributed by atoms with E-state index < -0.39 is 11.4 Å². The molecule has 0 atom stereocenters. The number of aromatic nitrogens is 2. The van der Waals surface area contributed by atoms with Gasteiger partial charge in [0.2, 0.25) is 0 Å². The van der Waals surface area contributed by atoms with Crippen molar-refractivity contribution in [3.05, 3.63) is 18.5 Å². The molecule has 1 aliphatic rings. The van der Waals surface area contributed by atoms with E-state index in [0.717, 1.165) is 25.7 Å². The predicted octanol–water partition coefficient (Wildman–Crippen LogP) is 2.09. The van der Waals surface area contributed by atoms with E-state index in [1.807, 2.05) is 23.9 Å². The van der Waals surface area contributed by atoms with Crippen LogP contribution in [0.1, 0.15) is 38.6 Å². The second kappa shape index (κ2) is 3.68. The first-order chi connectivity index (χ1) is 7.12. The lowest BCUT2D eigenvalue weighted by Gasteiger charge is -2.33. The topological polar surface area (TPSA) is 55.1 Å². The Hall–Kier alpha value is -1.32. The summed E-state index contributed by atoms with van der Waals surface area (Å²) in [5.74, 6) is -0.665. The Morgan fingerprint density at radius 1 is 1.53 bits per heavy atom. The Morgan fingerprint density at radius 2 is 2.20 bits per heavy atom. The Morgan fingerprint density at radius 3 is 2.67 bits per heavy atom. The Balaban J connectivity index is 2.01. The normalized spacial score (nSPS) is 31.4. The van der Waals surface area contributed by atoms with Crippen molar-refractivity contribution in [3.63, 3.8) is 0 Å². The van der Waals surface area contributed by atoms with Crippen molar-refractivity contribution < 1.29 is 9.90 Å². The van der Waals surface area contributed by atoms with Gasteiger partial charge in [-0.15, -0.1) is 0 Å². The molecule has 0 radical (unpaired) electrons. The summed E-state index contributed by atoms with van der Waals surface area (Å²) in [6, 6.07) is 2.29. The summed E-state index contributed by atoms with van der Waals surface area (Å²) in [6.45, 7) is 1.84. The second-order valence-corrected chi connectivity index (χ2v) is 4.58. The van der Waals surface area contributed by atoms with Gasteiger partial charge in [-0.2, -0.15) is 5.10 Å². The van der Waals surface area contributed by atoms with Gasteiger partial charge < -0.3 is 5.11 Å². The molecule has 0 aromatic carbocycles. The maximum atomic E-state index is 11.0. The smallest absolute Gasteiger partial charge is 0.309 e. The van der Waals surface area contributed by atoms with Crippen molar-refractivity contribution in [2.45, 2.75) is 38.6 Å². The van der Waals surface area contributed by atoms with Crippen LogP contribution in [0.4, 0.5) is 0 Å². The van der Waals surface area contributed by atoms with Crippen molar-refractivity contribution >= 4 is 5.97 Å². The minimum atomic E-state index is -0.665. The maximum Gasteiger partial charge on any atom is 0.309 e. The molecule has 4 heteroatoms. The van der Waals surface area contributed by atoms with Crippen molar-refractivity contribution in [1.29, 1.82) is 0 Å². The highest BCUT2D eigenvalue weighted by atomic mass is 16.4. The molecule has 1 saturated carbocycles. The van der Waals surface area contributed by atoms with Gasteiger partial charge in [-0.25, -0.2) is 0 Å². The first-order valence-electron chi connectivity index (χ1n) is 5.34. The molecule has 2 rings (SSSR count). The highest BCUT2D eigenvalue weighted by Crippen LogP contribution is 2.40. The molecule has 1 aromatic rings. The number of rotatable bonds is 2. The minimum absolute atomic E-state index is 0.382. The molecule has 1 N–H and O–H groups in total. The van der Waals surface area contributed by atoms with E-state index in [0.29, 0.717) is 6.04 Å². The summed E-state index contributed by atoms with van der Waals surface area (Å²) >= 11 is 0. The van der Waals surface area contributed by atoms with Crippen LogP contribution in [-0.4, -0.2) is 20.9 Å². The lowest BCUT2D eigenvalue weighted by atomic mass is 9.74. The number of aliphatic carboxylic acids is 1. The van der Waals surface area contributed by atoms with E-state index in [2.05, 4.69) is 5.10 Å². The van der Waals surface area contributed by atoms with Gasteiger partial charge in [0.25, 0.3) is 0 Å². The van der Waals surface area contributed by atoms with Gasteiger partial charge in [0.15, 0.2) is 0 Å². The average Bonchev–Trinajstić information content (AvgIpc) is 2.72. The van der Waals surface area contributed by atoms with Gasteiger partial charge in [-0.3, -0.25) is 9.48 Å². The molecule has 0 bridgehead atoms. The summed E-state index contributed by atoms with van der Waals surface area (Å²) in [7, 11) is 0. The van der Waals surface area contributed by atoms with E-state index in [-0.39, 0.29) is 0 Å². The van der Waals surface area contributed by atoms with Crippen LogP contribution in [0.2, 0.25) is 0 Å². The summed E-state index contributed by atoms with van der Waals surface area (Å²) in [5.41, 5.74) is -0.524. The molecule has 0 spiro atoms. The Labute approximate surface area is 88.9 Å². The summed E-state index contributed by atoms with van der Waals surface area (Å²) in [6.07, 6.45) is 7.02. The quantitative estimate of drug-likeness (QED) is 0.809. The monoisotopic (exact) mass is 208 g/mol. The van der Waals surface area contributed by atoms with Crippen LogP contribution in [0.3, 0.4) is 0 Å². The molecular weight excluding hydrogens is 192 g/mol. The van der Waals surface area contributed by atoms with Gasteiger partial charge in [-0.1, -0.05) is 0 Å². The van der Waals surface area contributed by atoms with Gasteiger partial charge in [0.05, 0.1) is 11.5 Å². The molecule has 4 nitrogen and oxygen atoms in total. The van der Waals surface area contributed by atoms with Crippen LogP contribution < -0.4 is 0 Å². The molecular formula is C11H16N2O2. The van der Waals surface area contributed by atoms with Gasteiger partial charge in [0, 0.05) is 12.4 Å². The lowest BCUT2D eigenvalue weighted by Crippen LogP contribution is -2.33. The number of hydrogen-bond acceptors (Lipinski definition) is 2. The summed E-state index contributed by atoms with van der Waals surface area (Å²) < 4.78 is 1.95. The van der Waals surface area contributed by atoms with E-state index >= 15 is 0 Å². The Kier molecular flexibility index (Phi) is 2.50. The molecule has 15 heavy (non-hydrogen) atoms. The fraction of sp³-hybridized carbons (Fsp3) is 0.636. The summed E-state index contributed by atoms with van der Waals surface area (Å²) in [5, 5.41) is 13.3. The van der Waals surface area contributed by atoms with Crippen LogP contribution in [0, 0.1) is 5.41 Å². The molecule has 1 fully saturated rings. The zero-order valence-corrected chi connectivity index (χ0v) is 8.89. The second-order valence-electron chi connectivity index (χ2n) is 4.58. The molecule has 0 amide bonds. The van der Waals surface area contributed by atoms with Crippen LogP contribution in [0.15, 0.2) is 18.5 Å². The van der Waals surface area contributed by atoms with Gasteiger partial charge >= 0.3 is 5.97 Å². The number of hydrogen-bond donors (Lipinski definition) is 1. The van der Waals surface area contributed by atoms with Crippen molar-refractivity contribution in [2.24, 2.45) is 5.41 Å². The highest BCUT2D eigenvalue weighted by molar-refractivity contribution is 5.74. The average molecular weight is 208 g/mol. The van der Waals surface area contributed by atoms with Gasteiger partial charge in [0.1, 0.15) is 0 Å². The highest BCUT2D eigenvalue weighted by Gasteiger charge is 2.37. The SMILES string of the molecule is CC1(C(=O)O)CCC(n2cccn2)CC1. The zero-order valence-electron chi connectivity index (χ0n) is 8.89. The fourth-order valence-electron chi connectivity index (χ4n) is 2.21. The van der Waals surface area contributed by atoms with Crippen molar-refractivity contribution in [1.82, 2.24) is 9.78 Å². The third-order valence-electron chi connectivity index (χ3n) is 3.47. The van der Waals surface area contributed by atoms with E-state index in [1.54, 1.807) is 6.20 Å². The molecule has 0 saturated heterocycles. The molecule has 82 valence electrons. The van der Waals surface area contributed by atoms with Gasteiger partial charge in [-0.05, 0) is 38.7 Å². The van der Waals surface area contributed by atoms with E-state index in [9.17, 15) is 4.79 Å². The number of nitrogens with zero attached hydrogens (tertiary/aromatic N) is 2. The Bertz CT molecular complexity index is 337. The van der Waals surface area contributed by atoms with Crippen LogP contribution in [-0.2, 0) is 4.79 Å². The number of carboxylic acids is 1. The number of carboxylic acid groups (broad SMARTS) is 1. The third kappa shape index (κ3) is 1.89. The standard InChI is InChI=1S/C11H16N2O2/c1-11(10(14)15)5-3-9(4-6-11)13-8-2-7-12-13/h2,7-9H,3-6H2,1H3,(H,14,15). The summed E-state index contributed by atoms with van der Waals surface area (Å²) in [4.78, 5) is 11.0. The van der Waals surface area contributed by atoms with E-state index in [4.69, 9.17) is 5.11 Å². The minimum Gasteiger partial charge on any atom is -0.481 e. The predicted molar refractivity (Wildman–Crippen MR) is 55.5 cm³/mol. The first-order valence-corrected chi connectivity index (χ1v) is 5.34. The van der Waals surface area contributed by atoms with E-state index in [1.165, 1.54) is 0 Å². The largest absolute Gasteiger partial charge is 0.481 e. The zero-order chi connectivity index (χ0) is 10.9. The molecule has 0 unspecified atom stereocenters. The van der Waals surface area contributed by atoms with Crippen LogP contribution in [0.5, 0.6) is 0 Å². The molecule has 1 aromatic heterocycles. The van der Waals surface area contributed by atoms with Crippen molar-refractivity contribution in [3.8, 4) is 0 Å². The molecule has 1 heterocycles. The van der Waals surface area contributed by atoms with Crippen LogP contribution >= 0.6 is 0 Å².